The Morgan fingerprint density at radius 1 is 1.35 bits per heavy atom. The van der Waals surface area contributed by atoms with Crippen molar-refractivity contribution in [2.75, 3.05) is 18.8 Å². The number of nitrogens with zero attached hydrogens (tertiary/aromatic N) is 3. The molecular formula is C12H19N5O3. The average molecular weight is 281 g/mol. The molecule has 0 saturated carbocycles. The number of piperidine rings is 1. The standard InChI is InChI=1S/C12H19N5O3/c1-7(2)12(19)17-5-3-8(4-6-17)14-11(18)9-10(13)16-20-15-9/h7-8H,3-6H2,1-2H3,(H2,13,16)(H,14,18). The molecule has 2 heterocycles. The van der Waals surface area contributed by atoms with Crippen LogP contribution in [0.3, 0.4) is 0 Å². The van der Waals surface area contributed by atoms with E-state index in [4.69, 9.17) is 5.73 Å². The van der Waals surface area contributed by atoms with Gasteiger partial charge in [0, 0.05) is 25.0 Å². The molecule has 0 spiro atoms. The summed E-state index contributed by atoms with van der Waals surface area (Å²) in [5.74, 6) is -0.255. The van der Waals surface area contributed by atoms with Crippen LogP contribution >= 0.6 is 0 Å². The van der Waals surface area contributed by atoms with Gasteiger partial charge in [-0.3, -0.25) is 9.59 Å². The van der Waals surface area contributed by atoms with Gasteiger partial charge in [0.1, 0.15) is 0 Å². The van der Waals surface area contributed by atoms with E-state index in [2.05, 4.69) is 20.3 Å². The van der Waals surface area contributed by atoms with E-state index in [1.165, 1.54) is 0 Å². The number of amides is 2. The maximum absolute atomic E-state index is 11.9. The quantitative estimate of drug-likeness (QED) is 0.807. The second-order valence-electron chi connectivity index (χ2n) is 5.23. The van der Waals surface area contributed by atoms with Crippen molar-refractivity contribution in [2.45, 2.75) is 32.7 Å². The fourth-order valence-electron chi connectivity index (χ4n) is 2.22. The number of aromatic nitrogens is 2. The van der Waals surface area contributed by atoms with Gasteiger partial charge in [0.2, 0.25) is 17.4 Å². The van der Waals surface area contributed by atoms with Gasteiger partial charge in [-0.2, -0.15) is 0 Å². The molecule has 20 heavy (non-hydrogen) atoms. The maximum Gasteiger partial charge on any atom is 0.277 e. The summed E-state index contributed by atoms with van der Waals surface area (Å²) in [5, 5.41) is 9.65. The molecule has 1 fully saturated rings. The van der Waals surface area contributed by atoms with Crippen LogP contribution in [0, 0.1) is 5.92 Å². The van der Waals surface area contributed by atoms with Crippen LogP contribution in [-0.4, -0.2) is 46.2 Å². The Labute approximate surface area is 116 Å². The van der Waals surface area contributed by atoms with Crippen LogP contribution in [0.2, 0.25) is 0 Å². The number of hydrogen-bond donors (Lipinski definition) is 2. The van der Waals surface area contributed by atoms with Crippen molar-refractivity contribution in [1.29, 1.82) is 0 Å². The van der Waals surface area contributed by atoms with Crippen molar-refractivity contribution in [2.24, 2.45) is 5.92 Å². The molecule has 1 aliphatic rings. The van der Waals surface area contributed by atoms with Crippen LogP contribution in [-0.2, 0) is 4.79 Å². The van der Waals surface area contributed by atoms with Crippen molar-refractivity contribution < 1.29 is 14.2 Å². The summed E-state index contributed by atoms with van der Waals surface area (Å²) in [6, 6.07) is 0.00909. The molecule has 110 valence electrons. The van der Waals surface area contributed by atoms with E-state index in [1.54, 1.807) is 0 Å². The molecule has 0 bridgehead atoms. The third-order valence-electron chi connectivity index (χ3n) is 3.36. The summed E-state index contributed by atoms with van der Waals surface area (Å²) in [7, 11) is 0. The summed E-state index contributed by atoms with van der Waals surface area (Å²) in [6.07, 6.45) is 1.44. The van der Waals surface area contributed by atoms with Crippen molar-refractivity contribution in [3.8, 4) is 0 Å². The van der Waals surface area contributed by atoms with Crippen LogP contribution in [0.15, 0.2) is 4.63 Å². The van der Waals surface area contributed by atoms with Crippen LogP contribution in [0.4, 0.5) is 5.82 Å². The molecule has 1 saturated heterocycles. The first-order valence-corrected chi connectivity index (χ1v) is 6.66. The lowest BCUT2D eigenvalue weighted by molar-refractivity contribution is -0.135. The lowest BCUT2D eigenvalue weighted by Gasteiger charge is -2.33. The molecule has 0 aromatic carbocycles. The number of nitrogens with one attached hydrogen (secondary N) is 1. The van der Waals surface area contributed by atoms with E-state index in [-0.39, 0.29) is 29.4 Å². The number of likely N-dealkylation sites (tertiary alicyclic amines) is 1. The molecule has 2 amide bonds. The second kappa shape index (κ2) is 5.89. The number of nitrogens with two attached hydrogens (primary N) is 1. The number of nitrogen functional groups attached to an aromatic ring is 1. The smallest absolute Gasteiger partial charge is 0.277 e. The van der Waals surface area contributed by atoms with Gasteiger partial charge < -0.3 is 16.0 Å². The molecular weight excluding hydrogens is 262 g/mol. The summed E-state index contributed by atoms with van der Waals surface area (Å²) < 4.78 is 4.39. The van der Waals surface area contributed by atoms with Gasteiger partial charge >= 0.3 is 0 Å². The van der Waals surface area contributed by atoms with Gasteiger partial charge in [-0.15, -0.1) is 0 Å². The predicted molar refractivity (Wildman–Crippen MR) is 70.6 cm³/mol. The van der Waals surface area contributed by atoms with Crippen LogP contribution in [0.25, 0.3) is 0 Å². The largest absolute Gasteiger partial charge is 0.379 e. The van der Waals surface area contributed by atoms with Crippen LogP contribution < -0.4 is 11.1 Å². The van der Waals surface area contributed by atoms with E-state index < -0.39 is 5.91 Å². The van der Waals surface area contributed by atoms with E-state index >= 15 is 0 Å². The van der Waals surface area contributed by atoms with Gasteiger partial charge in [0.25, 0.3) is 5.91 Å². The minimum atomic E-state index is -0.391. The van der Waals surface area contributed by atoms with Crippen molar-refractivity contribution in [3.05, 3.63) is 5.69 Å². The predicted octanol–water partition coefficient (Wildman–Crippen LogP) is 0.0286. The number of carbonyl (C=O) groups excluding carboxylic acids is 2. The first kappa shape index (κ1) is 14.3. The highest BCUT2D eigenvalue weighted by atomic mass is 16.6. The Bertz CT molecular complexity index is 491. The Balaban J connectivity index is 1.84. The minimum absolute atomic E-state index is 0.00199. The molecule has 1 aliphatic heterocycles. The van der Waals surface area contributed by atoms with Gasteiger partial charge in [-0.05, 0) is 23.2 Å². The molecule has 8 nitrogen and oxygen atoms in total. The van der Waals surface area contributed by atoms with Gasteiger partial charge in [0.05, 0.1) is 0 Å². The van der Waals surface area contributed by atoms with Crippen LogP contribution in [0.5, 0.6) is 0 Å². The molecule has 0 aliphatic carbocycles. The average Bonchev–Trinajstić information content (AvgIpc) is 2.85. The normalized spacial score (nSPS) is 16.4. The second-order valence-corrected chi connectivity index (χ2v) is 5.23. The lowest BCUT2D eigenvalue weighted by Crippen LogP contribution is -2.47. The first-order valence-electron chi connectivity index (χ1n) is 6.66. The Hall–Kier alpha value is -2.12. The SMILES string of the molecule is CC(C)C(=O)N1CCC(NC(=O)c2nonc2N)CC1. The number of carbonyl (C=O) groups is 2. The van der Waals surface area contributed by atoms with E-state index in [1.807, 2.05) is 18.7 Å². The maximum atomic E-state index is 11.9. The van der Waals surface area contributed by atoms with Gasteiger partial charge in [-0.25, -0.2) is 4.63 Å². The number of hydrogen-bond acceptors (Lipinski definition) is 6. The fourth-order valence-corrected chi connectivity index (χ4v) is 2.22. The summed E-state index contributed by atoms with van der Waals surface area (Å²) in [4.78, 5) is 25.6. The van der Waals surface area contributed by atoms with Gasteiger partial charge in [-0.1, -0.05) is 13.8 Å². The van der Waals surface area contributed by atoms with E-state index in [0.29, 0.717) is 13.1 Å². The highest BCUT2D eigenvalue weighted by Gasteiger charge is 2.26. The van der Waals surface area contributed by atoms with Crippen molar-refractivity contribution in [3.63, 3.8) is 0 Å². The molecule has 1 aromatic heterocycles. The van der Waals surface area contributed by atoms with Crippen LogP contribution in [0.1, 0.15) is 37.2 Å². The molecule has 3 N–H and O–H groups in total. The molecule has 0 unspecified atom stereocenters. The molecule has 8 heteroatoms. The Kier molecular flexibility index (Phi) is 4.21. The Morgan fingerprint density at radius 2 is 2.00 bits per heavy atom. The fraction of sp³-hybridized carbons (Fsp3) is 0.667. The third-order valence-corrected chi connectivity index (χ3v) is 3.36. The zero-order chi connectivity index (χ0) is 14.7. The van der Waals surface area contributed by atoms with Crippen molar-refractivity contribution in [1.82, 2.24) is 20.5 Å². The Morgan fingerprint density at radius 3 is 2.50 bits per heavy atom. The van der Waals surface area contributed by atoms with Gasteiger partial charge in [0.15, 0.2) is 0 Å². The number of rotatable bonds is 3. The molecule has 2 rings (SSSR count). The molecule has 0 atom stereocenters. The lowest BCUT2D eigenvalue weighted by atomic mass is 10.0. The van der Waals surface area contributed by atoms with Crippen molar-refractivity contribution >= 4 is 17.6 Å². The zero-order valence-electron chi connectivity index (χ0n) is 11.6. The summed E-state index contributed by atoms with van der Waals surface area (Å²) >= 11 is 0. The number of anilines is 1. The minimum Gasteiger partial charge on any atom is -0.379 e. The van der Waals surface area contributed by atoms with E-state index in [9.17, 15) is 9.59 Å². The highest BCUT2D eigenvalue weighted by molar-refractivity contribution is 5.96. The summed E-state index contributed by atoms with van der Waals surface area (Å²) in [6.45, 7) is 5.07. The monoisotopic (exact) mass is 281 g/mol. The van der Waals surface area contributed by atoms with E-state index in [0.717, 1.165) is 12.8 Å². The topological polar surface area (TPSA) is 114 Å². The summed E-state index contributed by atoms with van der Waals surface area (Å²) in [5.41, 5.74) is 5.47. The highest BCUT2D eigenvalue weighted by Crippen LogP contribution is 2.14. The zero-order valence-corrected chi connectivity index (χ0v) is 11.6. The first-order chi connectivity index (χ1) is 9.49. The molecule has 1 aromatic rings. The molecule has 0 radical (unpaired) electrons. The third kappa shape index (κ3) is 3.06.